The SMILES string of the molecule is Brc1ccc(N2CCNCC2)cc1.N#Cc1ccc(CBr)cc1.N#Cc1ccc(CN2CCN(c3ccc(Br)cc3)CC2)cc1.[B-].[K+]. The standard InChI is InChI=1S/C18H18BrN3.C10H13BrN2.C8H6BrN.B.K/c19-17-5-7-18(8-6-17)22-11-9-21(10-12-22)14-16-3-1-15(13-20)2-4-16;11-9-1-3-10(4-2-9)13-7-5-12-6-8-13;9-5-7-1-3-8(6-10)4-2-7;;/h1-8H,9-12,14H2;1-4,12H,5-8H2;1-4H,5H2;;/q;;;-1;+1. The summed E-state index contributed by atoms with van der Waals surface area (Å²) < 4.78 is 2.27. The first-order valence-electron chi connectivity index (χ1n) is 15.0. The third-order valence-corrected chi connectivity index (χ3v) is 9.30. The van der Waals surface area contributed by atoms with Crippen molar-refractivity contribution in [1.29, 1.82) is 10.5 Å². The van der Waals surface area contributed by atoms with Gasteiger partial charge >= 0.3 is 51.4 Å². The number of nitrogens with one attached hydrogen (secondary N) is 1. The van der Waals surface area contributed by atoms with Crippen LogP contribution in [0.1, 0.15) is 22.3 Å². The summed E-state index contributed by atoms with van der Waals surface area (Å²) in [6.45, 7) is 9.61. The first kappa shape index (κ1) is 41.7. The molecule has 2 fully saturated rings. The zero-order chi connectivity index (χ0) is 31.9. The molecular weight excluding hydrogens is 806 g/mol. The molecule has 0 aromatic heterocycles. The molecule has 0 aliphatic carbocycles. The maximum absolute atomic E-state index is 8.84. The molecule has 6 nitrogen and oxygen atoms in total. The van der Waals surface area contributed by atoms with Crippen LogP contribution in [0.2, 0.25) is 0 Å². The van der Waals surface area contributed by atoms with Gasteiger partial charge in [0, 0.05) is 84.6 Å². The van der Waals surface area contributed by atoms with Crippen molar-refractivity contribution in [3.05, 3.63) is 128 Å². The minimum Gasteiger partial charge on any atom is -1.00 e. The Kier molecular flexibility index (Phi) is 20.4. The van der Waals surface area contributed by atoms with Crippen molar-refractivity contribution in [3.8, 4) is 12.1 Å². The molecule has 0 unspecified atom stereocenters. The summed E-state index contributed by atoms with van der Waals surface area (Å²) in [6.07, 6.45) is 0. The number of hydrogen-bond acceptors (Lipinski definition) is 6. The summed E-state index contributed by atoms with van der Waals surface area (Å²) in [7, 11) is 0. The van der Waals surface area contributed by atoms with E-state index in [4.69, 9.17) is 10.5 Å². The van der Waals surface area contributed by atoms with E-state index in [2.05, 4.69) is 141 Å². The van der Waals surface area contributed by atoms with Gasteiger partial charge in [-0.1, -0.05) is 72.1 Å². The summed E-state index contributed by atoms with van der Waals surface area (Å²) in [4.78, 5) is 7.31. The third kappa shape index (κ3) is 14.5. The number of rotatable bonds is 5. The molecule has 0 bridgehead atoms. The zero-order valence-electron chi connectivity index (χ0n) is 26.8. The Balaban J connectivity index is 0.000000263. The second kappa shape index (κ2) is 23.0. The largest absolute Gasteiger partial charge is 1.00 e. The predicted molar refractivity (Wildman–Crippen MR) is 202 cm³/mol. The topological polar surface area (TPSA) is 69.3 Å². The van der Waals surface area contributed by atoms with Gasteiger partial charge in [0.2, 0.25) is 0 Å². The van der Waals surface area contributed by atoms with Crippen molar-refractivity contribution in [2.45, 2.75) is 11.9 Å². The van der Waals surface area contributed by atoms with E-state index in [1.807, 2.05) is 36.4 Å². The van der Waals surface area contributed by atoms with Crippen molar-refractivity contribution < 1.29 is 51.4 Å². The van der Waals surface area contributed by atoms with E-state index < -0.39 is 0 Å². The van der Waals surface area contributed by atoms with Gasteiger partial charge in [-0.25, -0.2) is 0 Å². The average molecular weight is 843 g/mol. The van der Waals surface area contributed by atoms with Crippen LogP contribution < -0.4 is 66.5 Å². The number of anilines is 2. The molecule has 236 valence electrons. The predicted octanol–water partition coefficient (Wildman–Crippen LogP) is 4.58. The van der Waals surface area contributed by atoms with Crippen molar-refractivity contribution in [3.63, 3.8) is 0 Å². The number of nitriles is 2. The number of hydrogen-bond donors (Lipinski definition) is 1. The molecule has 1 N–H and O–H groups in total. The van der Waals surface area contributed by atoms with Gasteiger partial charge in [-0.05, 0) is 83.9 Å². The molecule has 0 spiro atoms. The van der Waals surface area contributed by atoms with Crippen LogP contribution in [-0.4, -0.2) is 65.7 Å². The Labute approximate surface area is 349 Å². The molecule has 0 saturated carbocycles. The maximum Gasteiger partial charge on any atom is 1.00 e. The Morgan fingerprint density at radius 1 is 0.574 bits per heavy atom. The molecule has 4 aromatic carbocycles. The summed E-state index contributed by atoms with van der Waals surface area (Å²) in [5.41, 5.74) is 6.52. The van der Waals surface area contributed by atoms with Crippen molar-refractivity contribution >= 4 is 67.6 Å². The molecular formula is C36H37BBr3KN6. The van der Waals surface area contributed by atoms with Gasteiger partial charge in [-0.2, -0.15) is 10.5 Å². The summed E-state index contributed by atoms with van der Waals surface area (Å²) in [6, 6.07) is 36.7. The second-order valence-electron chi connectivity index (χ2n) is 10.7. The smallest absolute Gasteiger partial charge is 1.00 e. The molecule has 2 saturated heterocycles. The first-order valence-corrected chi connectivity index (χ1v) is 17.7. The summed E-state index contributed by atoms with van der Waals surface area (Å²) in [5.74, 6) is 0. The van der Waals surface area contributed by atoms with Gasteiger partial charge in [0.05, 0.1) is 23.3 Å². The van der Waals surface area contributed by atoms with Crippen molar-refractivity contribution in [2.75, 3.05) is 62.2 Å². The van der Waals surface area contributed by atoms with Crippen molar-refractivity contribution in [2.24, 2.45) is 0 Å². The monoisotopic (exact) mass is 840 g/mol. The molecule has 6 rings (SSSR count). The van der Waals surface area contributed by atoms with Crippen LogP contribution in [0.5, 0.6) is 0 Å². The number of halogens is 3. The van der Waals surface area contributed by atoms with E-state index in [-0.39, 0.29) is 59.8 Å². The molecule has 2 aliphatic heterocycles. The number of benzene rings is 4. The van der Waals surface area contributed by atoms with E-state index >= 15 is 0 Å². The van der Waals surface area contributed by atoms with Gasteiger partial charge in [0.1, 0.15) is 0 Å². The van der Waals surface area contributed by atoms with Gasteiger partial charge in [-0.15, -0.1) is 0 Å². The normalized spacial score (nSPS) is 14.0. The van der Waals surface area contributed by atoms with Crippen LogP contribution in [-0.2, 0) is 11.9 Å². The van der Waals surface area contributed by atoms with E-state index in [1.165, 1.54) is 22.5 Å². The van der Waals surface area contributed by atoms with Gasteiger partial charge in [0.15, 0.2) is 0 Å². The van der Waals surface area contributed by atoms with Crippen LogP contribution in [0, 0.1) is 22.7 Å². The summed E-state index contributed by atoms with van der Waals surface area (Å²) >= 11 is 10.2. The molecule has 0 atom stereocenters. The molecule has 4 aromatic rings. The first-order chi connectivity index (χ1) is 22.0. The fourth-order valence-corrected chi connectivity index (χ4v) is 5.90. The van der Waals surface area contributed by atoms with Crippen molar-refractivity contribution in [1.82, 2.24) is 10.2 Å². The van der Waals surface area contributed by atoms with Gasteiger partial charge in [0.25, 0.3) is 0 Å². The Morgan fingerprint density at radius 3 is 1.38 bits per heavy atom. The Morgan fingerprint density at radius 2 is 0.979 bits per heavy atom. The molecule has 0 amide bonds. The van der Waals surface area contributed by atoms with Crippen LogP contribution in [0.25, 0.3) is 0 Å². The molecule has 2 aliphatic rings. The fraction of sp³-hybridized carbons (Fsp3) is 0.278. The minimum absolute atomic E-state index is 0. The van der Waals surface area contributed by atoms with Crippen LogP contribution in [0.15, 0.2) is 106 Å². The van der Waals surface area contributed by atoms with E-state index in [1.54, 1.807) is 0 Å². The second-order valence-corrected chi connectivity index (χ2v) is 13.1. The molecule has 11 heteroatoms. The van der Waals surface area contributed by atoms with E-state index in [0.717, 1.165) is 78.7 Å². The van der Waals surface area contributed by atoms with Crippen LogP contribution >= 0.6 is 47.8 Å². The zero-order valence-corrected chi connectivity index (χ0v) is 34.6. The quantitative estimate of drug-likeness (QED) is 0.235. The number of piperazine rings is 2. The maximum atomic E-state index is 8.84. The number of alkyl halides is 1. The van der Waals surface area contributed by atoms with E-state index in [0.29, 0.717) is 5.56 Å². The summed E-state index contributed by atoms with van der Waals surface area (Å²) in [5, 5.41) is 21.5. The van der Waals surface area contributed by atoms with Crippen LogP contribution in [0.3, 0.4) is 0 Å². The minimum atomic E-state index is 0. The van der Waals surface area contributed by atoms with Crippen LogP contribution in [0.4, 0.5) is 11.4 Å². The van der Waals surface area contributed by atoms with E-state index in [9.17, 15) is 0 Å². The Hall–Kier alpha value is -1.48. The molecule has 2 heterocycles. The van der Waals surface area contributed by atoms with Gasteiger partial charge < -0.3 is 23.5 Å². The third-order valence-electron chi connectivity index (χ3n) is 7.60. The Bertz CT molecular complexity index is 1530. The van der Waals surface area contributed by atoms with Gasteiger partial charge in [-0.3, -0.25) is 4.90 Å². The number of nitrogens with zero attached hydrogens (tertiary/aromatic N) is 5. The average Bonchev–Trinajstić information content (AvgIpc) is 3.11. The fourth-order valence-electron chi connectivity index (χ4n) is 5.00. The molecule has 4 radical (unpaired) electrons. The molecule has 47 heavy (non-hydrogen) atoms.